The quantitative estimate of drug-likeness (QED) is 0.380. The van der Waals surface area contributed by atoms with Crippen LogP contribution in [0.25, 0.3) is 10.2 Å². The van der Waals surface area contributed by atoms with Gasteiger partial charge in [-0.2, -0.15) is 0 Å². The number of methoxy groups -OCH3 is 1. The molecule has 3 aromatic rings. The van der Waals surface area contributed by atoms with Gasteiger partial charge in [-0.05, 0) is 37.4 Å². The third kappa shape index (κ3) is 5.34. The van der Waals surface area contributed by atoms with Crippen LogP contribution in [0.3, 0.4) is 0 Å². The van der Waals surface area contributed by atoms with Crippen LogP contribution in [-0.4, -0.2) is 49.1 Å². The van der Waals surface area contributed by atoms with E-state index in [0.29, 0.717) is 37.2 Å². The van der Waals surface area contributed by atoms with Crippen molar-refractivity contribution in [1.29, 1.82) is 0 Å². The summed E-state index contributed by atoms with van der Waals surface area (Å²) in [5.41, 5.74) is 0.667. The average Bonchev–Trinajstić information content (AvgIpc) is 3.32. The van der Waals surface area contributed by atoms with Gasteiger partial charge in [0.05, 0.1) is 26.0 Å². The molecule has 2 aromatic heterocycles. The molecule has 5 nitrogen and oxygen atoms in total. The Morgan fingerprint density at radius 3 is 2.41 bits per heavy atom. The van der Waals surface area contributed by atoms with Crippen molar-refractivity contribution in [1.82, 2.24) is 9.88 Å². The lowest BCUT2D eigenvalue weighted by Crippen LogP contribution is -2.38. The van der Waals surface area contributed by atoms with Crippen LogP contribution in [0, 0.1) is 0 Å². The van der Waals surface area contributed by atoms with Crippen molar-refractivity contribution in [3.8, 4) is 5.75 Å². The number of ether oxygens (including phenoxy) is 1. The molecule has 10 heteroatoms. The smallest absolute Gasteiger partial charge is 0.270 e. The van der Waals surface area contributed by atoms with Crippen LogP contribution in [-0.2, 0) is 0 Å². The molecule has 0 saturated carbocycles. The van der Waals surface area contributed by atoms with Crippen LogP contribution in [0.2, 0.25) is 9.36 Å². The molecular formula is C19H22Cl3N3O2S2. The van der Waals surface area contributed by atoms with Crippen molar-refractivity contribution < 1.29 is 9.53 Å². The number of benzene rings is 1. The van der Waals surface area contributed by atoms with Crippen molar-refractivity contribution in [2.24, 2.45) is 0 Å². The molecular weight excluding hydrogens is 473 g/mol. The predicted octanol–water partition coefficient (Wildman–Crippen LogP) is 6.08. The number of nitrogens with zero attached hydrogens (tertiary/aromatic N) is 3. The van der Waals surface area contributed by atoms with Crippen molar-refractivity contribution in [2.45, 2.75) is 13.8 Å². The summed E-state index contributed by atoms with van der Waals surface area (Å²) in [5, 5.41) is 1.19. The predicted molar refractivity (Wildman–Crippen MR) is 127 cm³/mol. The summed E-state index contributed by atoms with van der Waals surface area (Å²) in [6.07, 6.45) is 0. The highest BCUT2D eigenvalue weighted by Gasteiger charge is 2.24. The summed E-state index contributed by atoms with van der Waals surface area (Å²) in [6.45, 7) is 7.33. The molecule has 0 atom stereocenters. The molecule has 0 saturated heterocycles. The molecule has 0 aliphatic heterocycles. The van der Waals surface area contributed by atoms with E-state index in [0.717, 1.165) is 24.3 Å². The van der Waals surface area contributed by atoms with Gasteiger partial charge in [-0.3, -0.25) is 9.69 Å². The molecule has 2 heterocycles. The van der Waals surface area contributed by atoms with Gasteiger partial charge in [0.25, 0.3) is 5.91 Å². The fraction of sp³-hybridized carbons (Fsp3) is 0.368. The number of carbonyl (C=O) groups excluding carboxylic acids is 1. The highest BCUT2D eigenvalue weighted by atomic mass is 35.5. The zero-order chi connectivity index (χ0) is 20.3. The number of halogens is 3. The van der Waals surface area contributed by atoms with Gasteiger partial charge in [0, 0.05) is 13.1 Å². The van der Waals surface area contributed by atoms with Gasteiger partial charge >= 0.3 is 0 Å². The number of amides is 1. The van der Waals surface area contributed by atoms with Crippen LogP contribution in [0.15, 0.2) is 24.3 Å². The van der Waals surface area contributed by atoms with Crippen molar-refractivity contribution >= 4 is 79.5 Å². The number of rotatable bonds is 8. The summed E-state index contributed by atoms with van der Waals surface area (Å²) in [7, 11) is 1.60. The number of hydrogen-bond donors (Lipinski definition) is 0. The first-order chi connectivity index (χ1) is 13.5. The van der Waals surface area contributed by atoms with Crippen LogP contribution in [0.4, 0.5) is 5.13 Å². The number of thiophene rings is 1. The molecule has 0 aliphatic carbocycles. The Balaban J connectivity index is 0.00000300. The summed E-state index contributed by atoms with van der Waals surface area (Å²) >= 11 is 15.1. The summed E-state index contributed by atoms with van der Waals surface area (Å²) in [4.78, 5) is 22.5. The van der Waals surface area contributed by atoms with Crippen molar-refractivity contribution in [3.63, 3.8) is 0 Å². The van der Waals surface area contributed by atoms with E-state index in [1.807, 2.05) is 0 Å². The normalized spacial score (nSPS) is 11.0. The number of thiazole rings is 1. The van der Waals surface area contributed by atoms with E-state index in [9.17, 15) is 4.79 Å². The molecule has 0 aliphatic rings. The minimum absolute atomic E-state index is 0. The molecule has 1 aromatic carbocycles. The lowest BCUT2D eigenvalue weighted by Gasteiger charge is -2.24. The van der Waals surface area contributed by atoms with E-state index in [-0.39, 0.29) is 18.3 Å². The number of fused-ring (bicyclic) bond motifs is 1. The minimum Gasteiger partial charge on any atom is -0.494 e. The molecule has 1 amide bonds. The maximum atomic E-state index is 13.2. The number of hydrogen-bond acceptors (Lipinski definition) is 6. The largest absolute Gasteiger partial charge is 0.494 e. The van der Waals surface area contributed by atoms with E-state index >= 15 is 0 Å². The maximum Gasteiger partial charge on any atom is 0.270 e. The first-order valence-electron chi connectivity index (χ1n) is 8.91. The fourth-order valence-corrected chi connectivity index (χ4v) is 5.12. The van der Waals surface area contributed by atoms with Crippen molar-refractivity contribution in [2.75, 3.05) is 38.2 Å². The molecule has 0 fully saturated rings. The Hall–Kier alpha value is -1.09. The Morgan fingerprint density at radius 1 is 1.10 bits per heavy atom. The van der Waals surface area contributed by atoms with E-state index in [4.69, 9.17) is 32.9 Å². The summed E-state index contributed by atoms with van der Waals surface area (Å²) < 4.78 is 6.81. The fourth-order valence-electron chi connectivity index (χ4n) is 2.85. The van der Waals surface area contributed by atoms with E-state index < -0.39 is 0 Å². The monoisotopic (exact) mass is 493 g/mol. The Labute approximate surface area is 194 Å². The third-order valence-electron chi connectivity index (χ3n) is 4.46. The van der Waals surface area contributed by atoms with E-state index in [1.54, 1.807) is 36.3 Å². The molecule has 0 radical (unpaired) electrons. The number of likely N-dealkylation sites (N-methyl/N-ethyl adjacent to an activating group) is 1. The van der Waals surface area contributed by atoms with Crippen LogP contribution in [0.5, 0.6) is 5.75 Å². The third-order valence-corrected chi connectivity index (χ3v) is 7.22. The molecule has 0 unspecified atom stereocenters. The lowest BCUT2D eigenvalue weighted by molar-refractivity contribution is 0.0987. The maximum absolute atomic E-state index is 13.2. The van der Waals surface area contributed by atoms with Gasteiger partial charge in [-0.15, -0.1) is 23.7 Å². The van der Waals surface area contributed by atoms with Gasteiger partial charge in [-0.1, -0.05) is 48.4 Å². The summed E-state index contributed by atoms with van der Waals surface area (Å²) in [5.74, 6) is 0.524. The van der Waals surface area contributed by atoms with E-state index in [2.05, 4.69) is 18.7 Å². The zero-order valence-corrected chi connectivity index (χ0v) is 20.2. The summed E-state index contributed by atoms with van der Waals surface area (Å²) in [6, 6.07) is 7.06. The number of anilines is 1. The van der Waals surface area contributed by atoms with Crippen LogP contribution < -0.4 is 9.64 Å². The standard InChI is InChI=1S/C19H21Cl2N3O2S2.ClH/c1-4-23(5-2)10-11-24(18(25)14-8-9-15(21)27-14)19-22-16-13(26-3)7-6-12(20)17(16)28-19;/h6-9H,4-5,10-11H2,1-3H3;1H. The van der Waals surface area contributed by atoms with Crippen LogP contribution in [0.1, 0.15) is 23.5 Å². The molecule has 158 valence electrons. The second kappa shape index (κ2) is 10.8. The molecule has 29 heavy (non-hydrogen) atoms. The van der Waals surface area contributed by atoms with E-state index in [1.165, 1.54) is 22.7 Å². The number of carbonyl (C=O) groups is 1. The van der Waals surface area contributed by atoms with Gasteiger partial charge in [0.15, 0.2) is 5.13 Å². The topological polar surface area (TPSA) is 45.7 Å². The number of aromatic nitrogens is 1. The SMILES string of the molecule is CCN(CC)CCN(C(=O)c1ccc(Cl)s1)c1nc2c(OC)ccc(Cl)c2s1.Cl. The Bertz CT molecular complexity index is 973. The molecule has 0 bridgehead atoms. The minimum atomic E-state index is -0.113. The molecule has 0 N–H and O–H groups in total. The van der Waals surface area contributed by atoms with Gasteiger partial charge in [-0.25, -0.2) is 4.98 Å². The zero-order valence-electron chi connectivity index (χ0n) is 16.3. The highest BCUT2D eigenvalue weighted by molar-refractivity contribution is 7.23. The Kier molecular flexibility index (Phi) is 9.00. The van der Waals surface area contributed by atoms with Crippen LogP contribution >= 0.6 is 58.3 Å². The first kappa shape index (κ1) is 24.2. The van der Waals surface area contributed by atoms with Crippen molar-refractivity contribution in [3.05, 3.63) is 38.5 Å². The first-order valence-corrected chi connectivity index (χ1v) is 11.3. The van der Waals surface area contributed by atoms with Gasteiger partial charge in [0.1, 0.15) is 11.3 Å². The van der Waals surface area contributed by atoms with Gasteiger partial charge < -0.3 is 9.64 Å². The second-order valence-corrected chi connectivity index (χ2v) is 9.11. The lowest BCUT2D eigenvalue weighted by atomic mass is 10.3. The second-order valence-electron chi connectivity index (χ2n) is 6.01. The average molecular weight is 495 g/mol. The molecule has 3 rings (SSSR count). The molecule has 0 spiro atoms. The highest BCUT2D eigenvalue weighted by Crippen LogP contribution is 2.39. The van der Waals surface area contributed by atoms with Gasteiger partial charge in [0.2, 0.25) is 0 Å². The Morgan fingerprint density at radius 2 is 1.83 bits per heavy atom.